The summed E-state index contributed by atoms with van der Waals surface area (Å²) in [6.07, 6.45) is 0.707. The summed E-state index contributed by atoms with van der Waals surface area (Å²) >= 11 is 4.62. The van der Waals surface area contributed by atoms with Crippen molar-refractivity contribution in [1.82, 2.24) is 14.8 Å². The second-order valence-electron chi connectivity index (χ2n) is 4.94. The number of ether oxygens (including phenoxy) is 1. The van der Waals surface area contributed by atoms with Crippen molar-refractivity contribution in [1.29, 1.82) is 0 Å². The van der Waals surface area contributed by atoms with E-state index in [1.54, 1.807) is 19.2 Å². The average molecular weight is 400 g/mol. The molecule has 2 rings (SSSR count). The van der Waals surface area contributed by atoms with Gasteiger partial charge in [0.25, 0.3) is 0 Å². The number of aromatic amines is 1. The molecule has 0 aliphatic heterocycles. The maximum Gasteiger partial charge on any atom is 0.343 e. The molecule has 1 atom stereocenters. The topological polar surface area (TPSA) is 77.0 Å². The fraction of sp³-hybridized carbons (Fsp3) is 0.400. The Morgan fingerprint density at radius 1 is 1.43 bits per heavy atom. The van der Waals surface area contributed by atoms with Crippen molar-refractivity contribution in [3.8, 4) is 0 Å². The van der Waals surface area contributed by atoms with Crippen molar-refractivity contribution < 1.29 is 9.53 Å². The molecule has 0 fully saturated rings. The number of H-pyrrole nitrogens is 1. The zero-order valence-electron chi connectivity index (χ0n) is 12.9. The van der Waals surface area contributed by atoms with Gasteiger partial charge in [-0.15, -0.1) is 5.10 Å². The van der Waals surface area contributed by atoms with E-state index in [0.29, 0.717) is 30.3 Å². The number of benzene rings is 1. The van der Waals surface area contributed by atoms with Gasteiger partial charge in [0.1, 0.15) is 0 Å². The third-order valence-electron chi connectivity index (χ3n) is 3.23. The number of hydrogen-bond donors (Lipinski definition) is 1. The van der Waals surface area contributed by atoms with Crippen LogP contribution in [0.1, 0.15) is 23.7 Å². The van der Waals surface area contributed by atoms with Gasteiger partial charge in [-0.3, -0.25) is 9.36 Å². The normalized spacial score (nSPS) is 12.3. The van der Waals surface area contributed by atoms with Crippen molar-refractivity contribution in [2.75, 3.05) is 13.7 Å². The van der Waals surface area contributed by atoms with E-state index in [2.05, 4.69) is 26.1 Å². The number of methoxy groups -OCH3 is 1. The summed E-state index contributed by atoms with van der Waals surface area (Å²) in [5.41, 5.74) is 0.365. The molecule has 1 aromatic carbocycles. The molecule has 1 N–H and O–H groups in total. The van der Waals surface area contributed by atoms with Crippen molar-refractivity contribution in [3.63, 3.8) is 0 Å². The Bertz CT molecular complexity index is 712. The summed E-state index contributed by atoms with van der Waals surface area (Å²) in [5, 5.41) is 6.62. The van der Waals surface area contributed by atoms with Gasteiger partial charge in [0, 0.05) is 30.3 Å². The fourth-order valence-corrected chi connectivity index (χ4v) is 3.24. The van der Waals surface area contributed by atoms with Gasteiger partial charge < -0.3 is 4.74 Å². The number of rotatable bonds is 8. The number of nitrogens with zero attached hydrogens (tertiary/aromatic N) is 2. The minimum absolute atomic E-state index is 0.00129. The second kappa shape index (κ2) is 8.47. The molecule has 2 aromatic rings. The van der Waals surface area contributed by atoms with E-state index in [0.717, 1.165) is 4.47 Å². The van der Waals surface area contributed by atoms with Gasteiger partial charge >= 0.3 is 5.69 Å². The van der Waals surface area contributed by atoms with E-state index < -0.39 is 0 Å². The first-order chi connectivity index (χ1) is 11.0. The van der Waals surface area contributed by atoms with E-state index in [9.17, 15) is 9.59 Å². The molecule has 0 aliphatic rings. The molecule has 0 amide bonds. The van der Waals surface area contributed by atoms with Crippen LogP contribution < -0.4 is 5.69 Å². The molecule has 0 radical (unpaired) electrons. The minimum Gasteiger partial charge on any atom is -0.385 e. The molecule has 8 heteroatoms. The van der Waals surface area contributed by atoms with Crippen molar-refractivity contribution in [3.05, 3.63) is 44.8 Å². The number of halogens is 1. The zero-order valence-corrected chi connectivity index (χ0v) is 15.3. The van der Waals surface area contributed by atoms with E-state index in [-0.39, 0.29) is 16.7 Å². The van der Waals surface area contributed by atoms with Gasteiger partial charge in [-0.05, 0) is 25.5 Å². The Kier molecular flexibility index (Phi) is 6.61. The zero-order chi connectivity index (χ0) is 16.8. The minimum atomic E-state index is -0.340. The van der Waals surface area contributed by atoms with Crippen LogP contribution in [0.3, 0.4) is 0 Å². The molecular formula is C15H18BrN3O3S. The van der Waals surface area contributed by atoms with Gasteiger partial charge in [-0.25, -0.2) is 9.89 Å². The van der Waals surface area contributed by atoms with Gasteiger partial charge in [-0.1, -0.05) is 39.8 Å². The lowest BCUT2D eigenvalue weighted by molar-refractivity contribution is 0.0994. The molecule has 124 valence electrons. The van der Waals surface area contributed by atoms with Crippen molar-refractivity contribution in [2.24, 2.45) is 0 Å². The predicted molar refractivity (Wildman–Crippen MR) is 93.1 cm³/mol. The smallest absolute Gasteiger partial charge is 0.343 e. The van der Waals surface area contributed by atoms with Crippen LogP contribution in [0.5, 0.6) is 0 Å². The van der Waals surface area contributed by atoms with Gasteiger partial charge in [0.05, 0.1) is 5.25 Å². The molecule has 23 heavy (non-hydrogen) atoms. The summed E-state index contributed by atoms with van der Waals surface area (Å²) in [7, 11) is 1.62. The Morgan fingerprint density at radius 3 is 2.78 bits per heavy atom. The molecule has 0 aliphatic carbocycles. The lowest BCUT2D eigenvalue weighted by atomic mass is 10.1. The lowest BCUT2D eigenvalue weighted by Gasteiger charge is -2.11. The maximum atomic E-state index is 12.5. The fourth-order valence-electron chi connectivity index (χ4n) is 2.02. The van der Waals surface area contributed by atoms with Crippen molar-refractivity contribution in [2.45, 2.75) is 30.3 Å². The summed E-state index contributed by atoms with van der Waals surface area (Å²) in [4.78, 5) is 24.3. The summed E-state index contributed by atoms with van der Waals surface area (Å²) in [5.74, 6) is 0.00129. The molecule has 1 aromatic heterocycles. The summed E-state index contributed by atoms with van der Waals surface area (Å²) < 4.78 is 7.46. The third-order valence-corrected chi connectivity index (χ3v) is 4.85. The summed E-state index contributed by atoms with van der Waals surface area (Å²) in [6.45, 7) is 2.88. The standard InChI is InChI=1S/C15H18BrN3O3S/c1-10(13(20)11-4-6-12(16)7-5-11)23-15-18-17-14(21)19(15)8-3-9-22-2/h4-7,10H,3,8-9H2,1-2H3,(H,17,21). The highest BCUT2D eigenvalue weighted by molar-refractivity contribution is 9.10. The van der Waals surface area contributed by atoms with Crippen LogP contribution in [0, 0.1) is 0 Å². The number of hydrogen-bond acceptors (Lipinski definition) is 5. The molecule has 0 bridgehead atoms. The van der Waals surface area contributed by atoms with E-state index in [1.807, 2.05) is 19.1 Å². The first kappa shape index (κ1) is 18.0. The molecule has 1 unspecified atom stereocenters. The number of Topliss-reactive ketones (excluding diaryl/α,β-unsaturated/α-hetero) is 1. The quantitative estimate of drug-likeness (QED) is 0.419. The molecular weight excluding hydrogens is 382 g/mol. The lowest BCUT2D eigenvalue weighted by Crippen LogP contribution is -2.20. The van der Waals surface area contributed by atoms with E-state index >= 15 is 0 Å². The Balaban J connectivity index is 2.07. The highest BCUT2D eigenvalue weighted by Crippen LogP contribution is 2.23. The second-order valence-corrected chi connectivity index (χ2v) is 7.16. The van der Waals surface area contributed by atoms with Crippen molar-refractivity contribution >= 4 is 33.5 Å². The number of ketones is 1. The highest BCUT2D eigenvalue weighted by Gasteiger charge is 2.20. The number of carbonyl (C=O) groups excluding carboxylic acids is 1. The van der Waals surface area contributed by atoms with Gasteiger partial charge in [0.2, 0.25) is 0 Å². The Morgan fingerprint density at radius 2 is 2.13 bits per heavy atom. The number of nitrogens with one attached hydrogen (secondary N) is 1. The number of thioether (sulfide) groups is 1. The predicted octanol–water partition coefficient (Wildman–Crippen LogP) is 2.73. The van der Waals surface area contributed by atoms with Crippen LogP contribution >= 0.6 is 27.7 Å². The Labute approximate surface area is 146 Å². The summed E-state index contributed by atoms with van der Waals surface area (Å²) in [6, 6.07) is 7.22. The van der Waals surface area contributed by atoms with Crippen LogP contribution in [-0.2, 0) is 11.3 Å². The SMILES string of the molecule is COCCCn1c(SC(C)C(=O)c2ccc(Br)cc2)n[nH]c1=O. The number of aromatic nitrogens is 3. The first-order valence-electron chi connectivity index (χ1n) is 7.13. The molecule has 1 heterocycles. The molecule has 0 spiro atoms. The average Bonchev–Trinajstić information content (AvgIpc) is 2.88. The van der Waals surface area contributed by atoms with Crippen LogP contribution in [0.25, 0.3) is 0 Å². The molecule has 0 saturated carbocycles. The van der Waals surface area contributed by atoms with Crippen LogP contribution in [0.2, 0.25) is 0 Å². The highest BCUT2D eigenvalue weighted by atomic mass is 79.9. The van der Waals surface area contributed by atoms with Crippen LogP contribution in [0.15, 0.2) is 38.7 Å². The monoisotopic (exact) mass is 399 g/mol. The third kappa shape index (κ3) is 4.79. The van der Waals surface area contributed by atoms with Crippen LogP contribution in [-0.4, -0.2) is 39.5 Å². The molecule has 0 saturated heterocycles. The first-order valence-corrected chi connectivity index (χ1v) is 8.80. The Hall–Kier alpha value is -1.38. The largest absolute Gasteiger partial charge is 0.385 e. The van der Waals surface area contributed by atoms with Gasteiger partial charge in [-0.2, -0.15) is 0 Å². The van der Waals surface area contributed by atoms with E-state index in [1.165, 1.54) is 16.3 Å². The van der Waals surface area contributed by atoms with E-state index in [4.69, 9.17) is 4.74 Å². The van der Waals surface area contributed by atoms with Crippen LogP contribution in [0.4, 0.5) is 0 Å². The molecule has 6 nitrogen and oxygen atoms in total. The van der Waals surface area contributed by atoms with Gasteiger partial charge in [0.15, 0.2) is 10.9 Å². The maximum absolute atomic E-state index is 12.5. The number of carbonyl (C=O) groups is 1.